The number of piperidine rings is 1. The van der Waals surface area contributed by atoms with Crippen molar-refractivity contribution in [3.05, 3.63) is 0 Å². The van der Waals surface area contributed by atoms with E-state index in [-0.39, 0.29) is 0 Å². The Labute approximate surface area is 63.4 Å². The van der Waals surface area contributed by atoms with E-state index >= 15 is 0 Å². The van der Waals surface area contributed by atoms with Crippen LogP contribution in [0.4, 0.5) is 0 Å². The lowest BCUT2D eigenvalue weighted by Crippen LogP contribution is -2.45. The first-order valence-corrected chi connectivity index (χ1v) is 4.23. The second-order valence-electron chi connectivity index (χ2n) is 3.26. The number of nitrogens with two attached hydrogens (primary N) is 1. The van der Waals surface area contributed by atoms with Crippen LogP contribution in [0.5, 0.6) is 0 Å². The second kappa shape index (κ2) is 3.35. The van der Waals surface area contributed by atoms with Crippen molar-refractivity contribution in [2.45, 2.75) is 38.8 Å². The van der Waals surface area contributed by atoms with Gasteiger partial charge in [-0.05, 0) is 32.9 Å². The molecular formula is C8H18N2. The summed E-state index contributed by atoms with van der Waals surface area (Å²) in [5.41, 5.74) is 5.82. The Morgan fingerprint density at radius 2 is 2.30 bits per heavy atom. The zero-order valence-corrected chi connectivity index (χ0v) is 7.01. The molecule has 2 atom stereocenters. The van der Waals surface area contributed by atoms with Crippen molar-refractivity contribution in [3.63, 3.8) is 0 Å². The van der Waals surface area contributed by atoms with Gasteiger partial charge in [0.2, 0.25) is 0 Å². The smallest absolute Gasteiger partial charge is 0.00815 e. The zero-order valence-electron chi connectivity index (χ0n) is 7.01. The highest BCUT2D eigenvalue weighted by atomic mass is 15.2. The topological polar surface area (TPSA) is 29.3 Å². The molecule has 0 radical (unpaired) electrons. The molecule has 0 saturated carbocycles. The van der Waals surface area contributed by atoms with Crippen LogP contribution in [0.1, 0.15) is 26.7 Å². The lowest BCUT2D eigenvalue weighted by atomic mass is 9.99. The van der Waals surface area contributed by atoms with Crippen molar-refractivity contribution in [1.29, 1.82) is 0 Å². The fraction of sp³-hybridized carbons (Fsp3) is 1.00. The molecule has 1 fully saturated rings. The molecule has 0 aromatic heterocycles. The van der Waals surface area contributed by atoms with Gasteiger partial charge in [0.1, 0.15) is 0 Å². The Morgan fingerprint density at radius 1 is 1.60 bits per heavy atom. The van der Waals surface area contributed by atoms with Crippen LogP contribution in [0.3, 0.4) is 0 Å². The predicted octanol–water partition coefficient (Wildman–Crippen LogP) is 0.818. The molecule has 1 heterocycles. The summed E-state index contributed by atoms with van der Waals surface area (Å²) in [7, 11) is 0. The average Bonchev–Trinajstić information content (AvgIpc) is 1.88. The fourth-order valence-corrected chi connectivity index (χ4v) is 1.73. The van der Waals surface area contributed by atoms with Gasteiger partial charge in [0.25, 0.3) is 0 Å². The monoisotopic (exact) mass is 142 g/mol. The standard InChI is InChI=1S/C8H18N2/c1-3-10-5-4-8(9)6-7(10)2/h7-8H,3-6,9H2,1-2H3/t7-,8-/m1/s1. The van der Waals surface area contributed by atoms with Crippen molar-refractivity contribution in [1.82, 2.24) is 4.90 Å². The molecule has 60 valence electrons. The summed E-state index contributed by atoms with van der Waals surface area (Å²) in [6, 6.07) is 1.16. The largest absolute Gasteiger partial charge is 0.328 e. The number of nitrogens with zero attached hydrogens (tertiary/aromatic N) is 1. The van der Waals surface area contributed by atoms with Crippen LogP contribution in [0, 0.1) is 0 Å². The quantitative estimate of drug-likeness (QED) is 0.587. The molecule has 10 heavy (non-hydrogen) atoms. The molecule has 1 aliphatic heterocycles. The minimum absolute atomic E-state index is 0.456. The van der Waals surface area contributed by atoms with Crippen LogP contribution in [0.15, 0.2) is 0 Å². The predicted molar refractivity (Wildman–Crippen MR) is 43.9 cm³/mol. The third kappa shape index (κ3) is 1.70. The number of likely N-dealkylation sites (tertiary alicyclic amines) is 1. The Bertz CT molecular complexity index is 103. The van der Waals surface area contributed by atoms with Gasteiger partial charge in [0, 0.05) is 12.1 Å². The zero-order chi connectivity index (χ0) is 7.56. The van der Waals surface area contributed by atoms with Gasteiger partial charge < -0.3 is 10.6 Å². The van der Waals surface area contributed by atoms with Gasteiger partial charge in [-0.2, -0.15) is 0 Å². The molecule has 0 spiro atoms. The van der Waals surface area contributed by atoms with Crippen LogP contribution in [-0.4, -0.2) is 30.1 Å². The molecule has 0 aliphatic carbocycles. The number of rotatable bonds is 1. The molecule has 2 nitrogen and oxygen atoms in total. The highest BCUT2D eigenvalue weighted by Gasteiger charge is 2.20. The van der Waals surface area contributed by atoms with Crippen LogP contribution < -0.4 is 5.73 Å². The molecule has 2 heteroatoms. The van der Waals surface area contributed by atoms with E-state index in [1.807, 2.05) is 0 Å². The Kier molecular flexibility index (Phi) is 2.69. The Morgan fingerprint density at radius 3 is 2.80 bits per heavy atom. The van der Waals surface area contributed by atoms with E-state index in [0.29, 0.717) is 12.1 Å². The molecular weight excluding hydrogens is 124 g/mol. The van der Waals surface area contributed by atoms with E-state index in [2.05, 4.69) is 18.7 Å². The maximum absolute atomic E-state index is 5.82. The van der Waals surface area contributed by atoms with Crippen molar-refractivity contribution >= 4 is 0 Å². The minimum atomic E-state index is 0.456. The maximum Gasteiger partial charge on any atom is 0.00815 e. The molecule has 1 aliphatic rings. The summed E-state index contributed by atoms with van der Waals surface area (Å²) in [5, 5.41) is 0. The van der Waals surface area contributed by atoms with E-state index in [4.69, 9.17) is 5.73 Å². The summed E-state index contributed by atoms with van der Waals surface area (Å²) in [5.74, 6) is 0. The molecule has 0 aromatic carbocycles. The van der Waals surface area contributed by atoms with E-state index in [1.54, 1.807) is 0 Å². The lowest BCUT2D eigenvalue weighted by Gasteiger charge is -2.35. The highest BCUT2D eigenvalue weighted by molar-refractivity contribution is 4.79. The highest BCUT2D eigenvalue weighted by Crippen LogP contribution is 2.14. The van der Waals surface area contributed by atoms with Gasteiger partial charge in [0.15, 0.2) is 0 Å². The van der Waals surface area contributed by atoms with Crippen LogP contribution in [0.2, 0.25) is 0 Å². The molecule has 0 aromatic rings. The van der Waals surface area contributed by atoms with E-state index in [1.165, 1.54) is 25.9 Å². The third-order valence-corrected chi connectivity index (χ3v) is 2.46. The van der Waals surface area contributed by atoms with E-state index < -0.39 is 0 Å². The fourth-order valence-electron chi connectivity index (χ4n) is 1.73. The molecule has 1 rings (SSSR count). The molecule has 0 unspecified atom stereocenters. The average molecular weight is 142 g/mol. The molecule has 0 bridgehead atoms. The lowest BCUT2D eigenvalue weighted by molar-refractivity contribution is 0.156. The van der Waals surface area contributed by atoms with Gasteiger partial charge in [0.05, 0.1) is 0 Å². The second-order valence-corrected chi connectivity index (χ2v) is 3.26. The minimum Gasteiger partial charge on any atom is -0.328 e. The molecule has 2 N–H and O–H groups in total. The molecule has 0 amide bonds. The third-order valence-electron chi connectivity index (χ3n) is 2.46. The van der Waals surface area contributed by atoms with Crippen molar-refractivity contribution in [2.75, 3.05) is 13.1 Å². The van der Waals surface area contributed by atoms with Gasteiger partial charge in [-0.15, -0.1) is 0 Å². The van der Waals surface area contributed by atoms with Crippen LogP contribution >= 0.6 is 0 Å². The maximum atomic E-state index is 5.82. The van der Waals surface area contributed by atoms with Gasteiger partial charge in [-0.25, -0.2) is 0 Å². The van der Waals surface area contributed by atoms with Gasteiger partial charge in [-0.3, -0.25) is 0 Å². The summed E-state index contributed by atoms with van der Waals surface area (Å²) in [6.45, 7) is 6.85. The van der Waals surface area contributed by atoms with Crippen LogP contribution in [0.25, 0.3) is 0 Å². The number of hydrogen-bond donors (Lipinski definition) is 1. The Balaban J connectivity index is 2.36. The number of hydrogen-bond acceptors (Lipinski definition) is 2. The first-order chi connectivity index (χ1) is 4.74. The Hall–Kier alpha value is -0.0800. The summed E-state index contributed by atoms with van der Waals surface area (Å²) in [6.07, 6.45) is 2.35. The van der Waals surface area contributed by atoms with E-state index in [0.717, 1.165) is 0 Å². The summed E-state index contributed by atoms with van der Waals surface area (Å²) < 4.78 is 0. The van der Waals surface area contributed by atoms with Gasteiger partial charge in [-0.1, -0.05) is 6.92 Å². The van der Waals surface area contributed by atoms with Crippen molar-refractivity contribution in [3.8, 4) is 0 Å². The summed E-state index contributed by atoms with van der Waals surface area (Å²) >= 11 is 0. The van der Waals surface area contributed by atoms with Crippen molar-refractivity contribution in [2.24, 2.45) is 5.73 Å². The van der Waals surface area contributed by atoms with E-state index in [9.17, 15) is 0 Å². The SMILES string of the molecule is CCN1CC[C@@H](N)C[C@H]1C. The first-order valence-electron chi connectivity index (χ1n) is 4.23. The van der Waals surface area contributed by atoms with Gasteiger partial charge >= 0.3 is 0 Å². The summed E-state index contributed by atoms with van der Waals surface area (Å²) in [4.78, 5) is 2.49. The molecule has 1 saturated heterocycles. The van der Waals surface area contributed by atoms with Crippen molar-refractivity contribution < 1.29 is 0 Å². The first kappa shape index (κ1) is 8.02. The van der Waals surface area contributed by atoms with Crippen LogP contribution in [-0.2, 0) is 0 Å². The normalized spacial score (nSPS) is 36.3.